The van der Waals surface area contributed by atoms with Gasteiger partial charge in [0, 0.05) is 34.2 Å². The SMILES string of the molecule is CCOC(=O)/C=C/c1cc2cc(Cl)ccc2n1CC. The lowest BCUT2D eigenvalue weighted by Crippen LogP contribution is -2.00. The highest BCUT2D eigenvalue weighted by molar-refractivity contribution is 6.31. The fourth-order valence-corrected chi connectivity index (χ4v) is 2.28. The van der Waals surface area contributed by atoms with Gasteiger partial charge in [-0.2, -0.15) is 0 Å². The molecule has 0 N–H and O–H groups in total. The summed E-state index contributed by atoms with van der Waals surface area (Å²) in [6, 6.07) is 7.79. The number of halogens is 1. The molecule has 19 heavy (non-hydrogen) atoms. The summed E-state index contributed by atoms with van der Waals surface area (Å²) in [5, 5.41) is 1.78. The zero-order valence-electron chi connectivity index (χ0n) is 11.0. The fraction of sp³-hybridized carbons (Fsp3) is 0.267. The van der Waals surface area contributed by atoms with E-state index in [4.69, 9.17) is 16.3 Å². The van der Waals surface area contributed by atoms with Gasteiger partial charge < -0.3 is 9.30 Å². The van der Waals surface area contributed by atoms with Gasteiger partial charge in [-0.15, -0.1) is 0 Å². The van der Waals surface area contributed by atoms with E-state index in [-0.39, 0.29) is 5.97 Å². The molecule has 1 aromatic carbocycles. The van der Waals surface area contributed by atoms with Crippen LogP contribution >= 0.6 is 11.6 Å². The molecule has 0 aliphatic rings. The van der Waals surface area contributed by atoms with Crippen molar-refractivity contribution in [3.63, 3.8) is 0 Å². The highest BCUT2D eigenvalue weighted by atomic mass is 35.5. The maximum absolute atomic E-state index is 11.3. The van der Waals surface area contributed by atoms with Crippen LogP contribution in [0.3, 0.4) is 0 Å². The lowest BCUT2D eigenvalue weighted by atomic mass is 10.2. The molecule has 3 nitrogen and oxygen atoms in total. The molecule has 0 amide bonds. The van der Waals surface area contributed by atoms with Crippen LogP contribution in [0, 0.1) is 0 Å². The van der Waals surface area contributed by atoms with Crippen molar-refractivity contribution >= 4 is 34.5 Å². The number of esters is 1. The van der Waals surface area contributed by atoms with E-state index >= 15 is 0 Å². The Bertz CT molecular complexity index is 628. The average molecular weight is 278 g/mol. The van der Waals surface area contributed by atoms with Gasteiger partial charge in [-0.1, -0.05) is 11.6 Å². The first kappa shape index (κ1) is 13.7. The third-order valence-electron chi connectivity index (χ3n) is 2.89. The molecule has 0 fully saturated rings. The number of rotatable bonds is 4. The summed E-state index contributed by atoms with van der Waals surface area (Å²) >= 11 is 5.99. The van der Waals surface area contributed by atoms with E-state index in [0.29, 0.717) is 11.6 Å². The van der Waals surface area contributed by atoms with Crippen LogP contribution in [-0.2, 0) is 16.1 Å². The minimum absolute atomic E-state index is 0.326. The smallest absolute Gasteiger partial charge is 0.330 e. The van der Waals surface area contributed by atoms with Crippen molar-refractivity contribution in [2.24, 2.45) is 0 Å². The monoisotopic (exact) mass is 277 g/mol. The van der Waals surface area contributed by atoms with Crippen LogP contribution in [0.4, 0.5) is 0 Å². The number of nitrogens with zero attached hydrogens (tertiary/aromatic N) is 1. The Labute approximate surface area is 117 Å². The van der Waals surface area contributed by atoms with Crippen molar-refractivity contribution in [2.45, 2.75) is 20.4 Å². The largest absolute Gasteiger partial charge is 0.463 e. The van der Waals surface area contributed by atoms with Crippen LogP contribution < -0.4 is 0 Å². The number of hydrogen-bond donors (Lipinski definition) is 0. The summed E-state index contributed by atoms with van der Waals surface area (Å²) < 4.78 is 7.00. The summed E-state index contributed by atoms with van der Waals surface area (Å²) in [5.41, 5.74) is 2.07. The van der Waals surface area contributed by atoms with Gasteiger partial charge in [0.15, 0.2) is 0 Å². The molecule has 0 aliphatic heterocycles. The third kappa shape index (κ3) is 2.99. The second kappa shape index (κ2) is 5.93. The standard InChI is InChI=1S/C15H16ClNO2/c1-3-17-13(6-8-15(18)19-4-2)10-11-9-12(16)5-7-14(11)17/h5-10H,3-4H2,1-2H3/b8-6+. The van der Waals surface area contributed by atoms with Crippen molar-refractivity contribution in [3.8, 4) is 0 Å². The number of carbonyl (C=O) groups is 1. The Morgan fingerprint density at radius 2 is 2.16 bits per heavy atom. The average Bonchev–Trinajstić information content (AvgIpc) is 2.73. The van der Waals surface area contributed by atoms with Gasteiger partial charge in [-0.3, -0.25) is 0 Å². The predicted octanol–water partition coefficient (Wildman–Crippen LogP) is 3.89. The fourth-order valence-electron chi connectivity index (χ4n) is 2.10. The first-order valence-electron chi connectivity index (χ1n) is 6.29. The Morgan fingerprint density at radius 3 is 2.84 bits per heavy atom. The van der Waals surface area contributed by atoms with E-state index < -0.39 is 0 Å². The van der Waals surface area contributed by atoms with Crippen molar-refractivity contribution in [1.82, 2.24) is 4.57 Å². The van der Waals surface area contributed by atoms with Gasteiger partial charge in [-0.25, -0.2) is 4.79 Å². The molecular weight excluding hydrogens is 262 g/mol. The number of aryl methyl sites for hydroxylation is 1. The molecule has 0 unspecified atom stereocenters. The summed E-state index contributed by atoms with van der Waals surface area (Å²) in [7, 11) is 0. The normalized spacial score (nSPS) is 11.3. The van der Waals surface area contributed by atoms with E-state index in [1.807, 2.05) is 24.3 Å². The minimum atomic E-state index is -0.326. The van der Waals surface area contributed by atoms with Crippen LogP contribution in [0.15, 0.2) is 30.3 Å². The lowest BCUT2D eigenvalue weighted by Gasteiger charge is -2.04. The number of benzene rings is 1. The van der Waals surface area contributed by atoms with E-state index in [9.17, 15) is 4.79 Å². The summed E-state index contributed by atoms with van der Waals surface area (Å²) in [4.78, 5) is 11.3. The molecule has 1 aromatic heterocycles. The second-order valence-electron chi connectivity index (χ2n) is 4.10. The highest BCUT2D eigenvalue weighted by Crippen LogP contribution is 2.24. The zero-order valence-corrected chi connectivity index (χ0v) is 11.8. The van der Waals surface area contributed by atoms with Gasteiger partial charge in [0.25, 0.3) is 0 Å². The molecule has 0 aliphatic carbocycles. The van der Waals surface area contributed by atoms with Gasteiger partial charge in [0.05, 0.1) is 6.61 Å². The number of ether oxygens (including phenoxy) is 1. The van der Waals surface area contributed by atoms with Crippen LogP contribution in [0.1, 0.15) is 19.5 Å². The molecule has 0 spiro atoms. The molecule has 100 valence electrons. The van der Waals surface area contributed by atoms with Crippen molar-refractivity contribution in [2.75, 3.05) is 6.61 Å². The second-order valence-corrected chi connectivity index (χ2v) is 4.54. The summed E-state index contributed by atoms with van der Waals surface area (Å²) in [6.07, 6.45) is 3.22. The Hall–Kier alpha value is -1.74. The molecule has 0 bridgehead atoms. The van der Waals surface area contributed by atoms with Crippen LogP contribution in [-0.4, -0.2) is 17.1 Å². The van der Waals surface area contributed by atoms with Gasteiger partial charge in [0.1, 0.15) is 0 Å². The minimum Gasteiger partial charge on any atom is -0.463 e. The van der Waals surface area contributed by atoms with Crippen molar-refractivity contribution < 1.29 is 9.53 Å². The van der Waals surface area contributed by atoms with E-state index in [0.717, 1.165) is 23.1 Å². The van der Waals surface area contributed by atoms with E-state index in [1.165, 1.54) is 6.08 Å². The zero-order chi connectivity index (χ0) is 13.8. The van der Waals surface area contributed by atoms with Gasteiger partial charge in [0.2, 0.25) is 0 Å². The molecule has 0 saturated carbocycles. The van der Waals surface area contributed by atoms with Crippen LogP contribution in [0.2, 0.25) is 5.02 Å². The maximum Gasteiger partial charge on any atom is 0.330 e. The molecule has 2 rings (SSSR count). The summed E-state index contributed by atoms with van der Waals surface area (Å²) in [6.45, 7) is 5.07. The predicted molar refractivity (Wildman–Crippen MR) is 78.3 cm³/mol. The topological polar surface area (TPSA) is 31.2 Å². The molecule has 0 atom stereocenters. The molecular formula is C15H16ClNO2. The van der Waals surface area contributed by atoms with Gasteiger partial charge in [-0.05, 0) is 44.2 Å². The molecule has 4 heteroatoms. The molecule has 2 aromatic rings. The van der Waals surface area contributed by atoms with Crippen molar-refractivity contribution in [1.29, 1.82) is 0 Å². The number of hydrogen-bond acceptors (Lipinski definition) is 2. The number of fused-ring (bicyclic) bond motifs is 1. The number of aromatic nitrogens is 1. The molecule has 1 heterocycles. The first-order valence-corrected chi connectivity index (χ1v) is 6.67. The molecule has 0 saturated heterocycles. The van der Waals surface area contributed by atoms with Gasteiger partial charge >= 0.3 is 5.97 Å². The third-order valence-corrected chi connectivity index (χ3v) is 3.12. The highest BCUT2D eigenvalue weighted by Gasteiger charge is 2.06. The molecule has 0 radical (unpaired) electrons. The summed E-state index contributed by atoms with van der Waals surface area (Å²) in [5.74, 6) is -0.326. The lowest BCUT2D eigenvalue weighted by molar-refractivity contribution is -0.137. The Balaban J connectivity index is 2.40. The maximum atomic E-state index is 11.3. The van der Waals surface area contributed by atoms with E-state index in [1.54, 1.807) is 13.0 Å². The van der Waals surface area contributed by atoms with Crippen LogP contribution in [0.25, 0.3) is 17.0 Å². The quantitative estimate of drug-likeness (QED) is 0.627. The van der Waals surface area contributed by atoms with E-state index in [2.05, 4.69) is 11.5 Å². The first-order chi connectivity index (χ1) is 9.15. The Morgan fingerprint density at radius 1 is 1.37 bits per heavy atom. The number of carbonyl (C=O) groups excluding carboxylic acids is 1. The van der Waals surface area contributed by atoms with Crippen molar-refractivity contribution in [3.05, 3.63) is 41.1 Å². The van der Waals surface area contributed by atoms with Crippen LogP contribution in [0.5, 0.6) is 0 Å². The Kier molecular flexibility index (Phi) is 4.27.